The quantitative estimate of drug-likeness (QED) is 0.597. The Kier molecular flexibility index (Phi) is 4.66. The first kappa shape index (κ1) is 17.4. The Morgan fingerprint density at radius 1 is 1.09 bits per heavy atom. The van der Waals surface area contributed by atoms with Crippen molar-refractivity contribution in [1.82, 2.24) is 0 Å². The van der Waals surface area contributed by atoms with Crippen LogP contribution in [-0.2, 0) is 6.42 Å². The predicted octanol–water partition coefficient (Wildman–Crippen LogP) is 6.50. The Morgan fingerprint density at radius 2 is 1.68 bits per heavy atom. The maximum Gasteiger partial charge on any atom is 0.394 e. The van der Waals surface area contributed by atoms with E-state index in [9.17, 15) is 13.2 Å². The summed E-state index contributed by atoms with van der Waals surface area (Å²) in [6.07, 6.45) is 0.532. The maximum atomic E-state index is 13.1. The summed E-state index contributed by atoms with van der Waals surface area (Å²) < 4.78 is 39.2. The Bertz CT molecular complexity index is 502. The molecule has 1 fully saturated rings. The Morgan fingerprint density at radius 3 is 2.23 bits per heavy atom. The molecule has 1 aromatic rings. The van der Waals surface area contributed by atoms with Crippen LogP contribution < -0.4 is 0 Å². The van der Waals surface area contributed by atoms with Gasteiger partial charge in [0.25, 0.3) is 0 Å². The van der Waals surface area contributed by atoms with E-state index >= 15 is 0 Å². The number of halogens is 3. The van der Waals surface area contributed by atoms with Gasteiger partial charge in [0.05, 0.1) is 5.41 Å². The van der Waals surface area contributed by atoms with Crippen LogP contribution >= 0.6 is 0 Å². The van der Waals surface area contributed by atoms with E-state index in [1.807, 2.05) is 18.2 Å². The zero-order valence-electron chi connectivity index (χ0n) is 14.1. The SMILES string of the molecule is CC1(C)CCC(c2cccc(CC(C)(C)C(F)(F)F)c2)CC1. The molecule has 0 saturated heterocycles. The van der Waals surface area contributed by atoms with E-state index in [1.165, 1.54) is 32.3 Å². The van der Waals surface area contributed by atoms with Crippen molar-refractivity contribution in [3.63, 3.8) is 0 Å². The number of hydrogen-bond acceptors (Lipinski definition) is 0. The second-order valence-electron chi connectivity index (χ2n) is 8.24. The van der Waals surface area contributed by atoms with Crippen molar-refractivity contribution in [3.05, 3.63) is 35.4 Å². The average molecular weight is 312 g/mol. The molecule has 22 heavy (non-hydrogen) atoms. The van der Waals surface area contributed by atoms with Crippen molar-refractivity contribution >= 4 is 0 Å². The molecule has 3 heteroatoms. The molecule has 1 aromatic carbocycles. The van der Waals surface area contributed by atoms with E-state index in [0.717, 1.165) is 18.4 Å². The van der Waals surface area contributed by atoms with Gasteiger partial charge in [-0.25, -0.2) is 0 Å². The second-order valence-corrected chi connectivity index (χ2v) is 8.24. The molecule has 0 spiro atoms. The van der Waals surface area contributed by atoms with Crippen LogP contribution in [0, 0.1) is 10.8 Å². The Labute approximate surface area is 132 Å². The second kappa shape index (κ2) is 5.90. The standard InChI is InChI=1S/C19H27F3/c1-17(2)10-8-15(9-11-17)16-7-5-6-14(12-16)13-18(3,4)19(20,21)22/h5-7,12,15H,8-11,13H2,1-4H3. The van der Waals surface area contributed by atoms with Crippen LogP contribution in [-0.4, -0.2) is 6.18 Å². The lowest BCUT2D eigenvalue weighted by Crippen LogP contribution is -2.34. The molecule has 0 radical (unpaired) electrons. The Balaban J connectivity index is 2.11. The van der Waals surface area contributed by atoms with E-state index in [-0.39, 0.29) is 6.42 Å². The fraction of sp³-hybridized carbons (Fsp3) is 0.684. The normalized spacial score (nSPS) is 20.1. The third kappa shape index (κ3) is 4.05. The number of benzene rings is 1. The molecular formula is C19H27F3. The van der Waals surface area contributed by atoms with Gasteiger partial charge in [-0.15, -0.1) is 0 Å². The fourth-order valence-electron chi connectivity index (χ4n) is 3.30. The van der Waals surface area contributed by atoms with Gasteiger partial charge in [-0.05, 0) is 54.6 Å². The molecule has 0 amide bonds. The summed E-state index contributed by atoms with van der Waals surface area (Å²) in [5, 5.41) is 0. The summed E-state index contributed by atoms with van der Waals surface area (Å²) in [5.41, 5.74) is 0.739. The van der Waals surface area contributed by atoms with Gasteiger partial charge in [-0.1, -0.05) is 52.0 Å². The smallest absolute Gasteiger partial charge is 0.171 e. The highest BCUT2D eigenvalue weighted by Gasteiger charge is 2.47. The van der Waals surface area contributed by atoms with Gasteiger partial charge in [0.15, 0.2) is 0 Å². The lowest BCUT2D eigenvalue weighted by atomic mass is 9.71. The summed E-state index contributed by atoms with van der Waals surface area (Å²) in [4.78, 5) is 0. The molecule has 0 unspecified atom stereocenters. The highest BCUT2D eigenvalue weighted by atomic mass is 19.4. The molecule has 0 N–H and O–H groups in total. The van der Waals surface area contributed by atoms with Crippen molar-refractivity contribution < 1.29 is 13.2 Å². The molecule has 0 nitrogen and oxygen atoms in total. The predicted molar refractivity (Wildman–Crippen MR) is 85.0 cm³/mol. The highest BCUT2D eigenvalue weighted by Crippen LogP contribution is 2.43. The summed E-state index contributed by atoms with van der Waals surface area (Å²) >= 11 is 0. The van der Waals surface area contributed by atoms with E-state index in [4.69, 9.17) is 0 Å². The van der Waals surface area contributed by atoms with Crippen molar-refractivity contribution in [3.8, 4) is 0 Å². The summed E-state index contributed by atoms with van der Waals surface area (Å²) in [6, 6.07) is 7.81. The minimum absolute atomic E-state index is 0.0442. The van der Waals surface area contributed by atoms with Gasteiger partial charge in [0.2, 0.25) is 0 Å². The van der Waals surface area contributed by atoms with Gasteiger partial charge < -0.3 is 0 Å². The van der Waals surface area contributed by atoms with Crippen molar-refractivity contribution in [2.24, 2.45) is 10.8 Å². The zero-order chi connectivity index (χ0) is 16.6. The largest absolute Gasteiger partial charge is 0.394 e. The van der Waals surface area contributed by atoms with Crippen LogP contribution in [0.1, 0.15) is 70.4 Å². The first-order valence-electron chi connectivity index (χ1n) is 8.16. The number of rotatable bonds is 3. The van der Waals surface area contributed by atoms with Gasteiger partial charge >= 0.3 is 6.18 Å². The first-order valence-corrected chi connectivity index (χ1v) is 8.16. The van der Waals surface area contributed by atoms with Crippen molar-refractivity contribution in [2.45, 2.75) is 71.9 Å². The van der Waals surface area contributed by atoms with E-state index < -0.39 is 11.6 Å². The molecule has 0 atom stereocenters. The lowest BCUT2D eigenvalue weighted by Gasteiger charge is -2.35. The minimum Gasteiger partial charge on any atom is -0.171 e. The van der Waals surface area contributed by atoms with Gasteiger partial charge in [0.1, 0.15) is 0 Å². The van der Waals surface area contributed by atoms with E-state index in [0.29, 0.717) is 11.3 Å². The molecule has 0 heterocycles. The van der Waals surface area contributed by atoms with E-state index in [1.54, 1.807) is 0 Å². The topological polar surface area (TPSA) is 0 Å². The third-order valence-electron chi connectivity index (χ3n) is 5.18. The summed E-state index contributed by atoms with van der Waals surface area (Å²) in [6.45, 7) is 7.16. The van der Waals surface area contributed by atoms with Crippen molar-refractivity contribution in [1.29, 1.82) is 0 Å². The maximum absolute atomic E-state index is 13.1. The van der Waals surface area contributed by atoms with Gasteiger partial charge in [0, 0.05) is 0 Å². The van der Waals surface area contributed by atoms with Crippen LogP contribution in [0.4, 0.5) is 13.2 Å². The molecule has 1 saturated carbocycles. The van der Waals surface area contributed by atoms with Crippen LogP contribution in [0.15, 0.2) is 24.3 Å². The third-order valence-corrected chi connectivity index (χ3v) is 5.18. The summed E-state index contributed by atoms with van der Waals surface area (Å²) in [7, 11) is 0. The molecule has 2 rings (SSSR count). The van der Waals surface area contributed by atoms with Crippen LogP contribution in [0.25, 0.3) is 0 Å². The Hall–Kier alpha value is -0.990. The fourth-order valence-corrected chi connectivity index (χ4v) is 3.30. The monoisotopic (exact) mass is 312 g/mol. The van der Waals surface area contributed by atoms with Gasteiger partial charge in [-0.2, -0.15) is 13.2 Å². The van der Waals surface area contributed by atoms with E-state index in [2.05, 4.69) is 19.9 Å². The minimum atomic E-state index is -4.17. The molecule has 0 aliphatic heterocycles. The first-order chi connectivity index (χ1) is 10.0. The number of hydrogen-bond donors (Lipinski definition) is 0. The van der Waals surface area contributed by atoms with Crippen LogP contribution in [0.2, 0.25) is 0 Å². The molecule has 0 bridgehead atoms. The van der Waals surface area contributed by atoms with Crippen molar-refractivity contribution in [2.75, 3.05) is 0 Å². The zero-order valence-corrected chi connectivity index (χ0v) is 14.1. The molecule has 1 aliphatic carbocycles. The molecule has 0 aromatic heterocycles. The van der Waals surface area contributed by atoms with Gasteiger partial charge in [-0.3, -0.25) is 0 Å². The summed E-state index contributed by atoms with van der Waals surface area (Å²) in [5.74, 6) is 0.502. The lowest BCUT2D eigenvalue weighted by molar-refractivity contribution is -0.211. The highest BCUT2D eigenvalue weighted by molar-refractivity contribution is 5.28. The molecular weight excluding hydrogens is 285 g/mol. The van der Waals surface area contributed by atoms with Crippen LogP contribution in [0.3, 0.4) is 0 Å². The number of alkyl halides is 3. The molecule has 1 aliphatic rings. The average Bonchev–Trinajstić information content (AvgIpc) is 2.37. The van der Waals surface area contributed by atoms with Crippen LogP contribution in [0.5, 0.6) is 0 Å². The molecule has 124 valence electrons.